The third-order valence-electron chi connectivity index (χ3n) is 3.43. The molecule has 0 amide bonds. The molecule has 1 aromatic rings. The average molecular weight is 250 g/mol. The smallest absolute Gasteiger partial charge is 0.0878 e. The van der Waals surface area contributed by atoms with Crippen molar-refractivity contribution in [2.24, 2.45) is 5.92 Å². The Morgan fingerprint density at radius 3 is 2.65 bits per heavy atom. The minimum absolute atomic E-state index is 0.122. The van der Waals surface area contributed by atoms with E-state index in [0.717, 1.165) is 36.4 Å². The van der Waals surface area contributed by atoms with Gasteiger partial charge in [0.1, 0.15) is 0 Å². The van der Waals surface area contributed by atoms with Crippen LogP contribution in [0.15, 0.2) is 24.5 Å². The maximum absolute atomic E-state index is 10.0. The van der Waals surface area contributed by atoms with E-state index in [4.69, 9.17) is 12.2 Å². The van der Waals surface area contributed by atoms with Gasteiger partial charge in [0.2, 0.25) is 0 Å². The van der Waals surface area contributed by atoms with Gasteiger partial charge in [0, 0.05) is 31.0 Å². The van der Waals surface area contributed by atoms with Gasteiger partial charge in [-0.05, 0) is 25.0 Å². The van der Waals surface area contributed by atoms with E-state index in [2.05, 4.69) is 4.98 Å². The minimum Gasteiger partial charge on any atom is -0.392 e. The highest BCUT2D eigenvalue weighted by Crippen LogP contribution is 2.28. The lowest BCUT2D eigenvalue weighted by Gasteiger charge is -2.32. The second-order valence-electron chi connectivity index (χ2n) is 4.56. The topological polar surface area (TPSA) is 36.4 Å². The number of aliphatic hydroxyl groups is 1. The summed E-state index contributed by atoms with van der Waals surface area (Å²) in [5.41, 5.74) is 1.03. The summed E-state index contributed by atoms with van der Waals surface area (Å²) in [6.45, 7) is 0. The number of hydrogen-bond donors (Lipinski definition) is 1. The molecule has 0 aromatic carbocycles. The van der Waals surface area contributed by atoms with Crippen LogP contribution in [0.4, 0.5) is 5.69 Å². The standard InChI is InChI=1S/C13H18N2OS/c1-15(10-6-8-14-9-7-10)13(17)11-4-2-3-5-12(11)16/h6-9,11-12,16H,2-5H2,1H3/t11-,12-/m1/s1. The Morgan fingerprint density at radius 2 is 2.00 bits per heavy atom. The van der Waals surface area contributed by atoms with Crippen molar-refractivity contribution in [3.63, 3.8) is 0 Å². The molecule has 1 aliphatic rings. The summed E-state index contributed by atoms with van der Waals surface area (Å²) in [7, 11) is 1.96. The molecule has 0 aliphatic heterocycles. The summed E-state index contributed by atoms with van der Waals surface area (Å²) in [6, 6.07) is 3.86. The van der Waals surface area contributed by atoms with Crippen molar-refractivity contribution in [1.82, 2.24) is 4.98 Å². The maximum atomic E-state index is 10.0. The van der Waals surface area contributed by atoms with Gasteiger partial charge in [-0.2, -0.15) is 0 Å². The molecule has 1 aliphatic carbocycles. The van der Waals surface area contributed by atoms with Crippen LogP contribution in [-0.4, -0.2) is 28.2 Å². The number of nitrogens with zero attached hydrogens (tertiary/aromatic N) is 2. The number of pyridine rings is 1. The molecule has 0 radical (unpaired) electrons. The highest BCUT2D eigenvalue weighted by atomic mass is 32.1. The zero-order chi connectivity index (χ0) is 12.3. The van der Waals surface area contributed by atoms with Gasteiger partial charge < -0.3 is 10.0 Å². The number of aliphatic hydroxyl groups excluding tert-OH is 1. The molecular formula is C13H18N2OS. The number of rotatable bonds is 2. The predicted molar refractivity (Wildman–Crippen MR) is 73.2 cm³/mol. The molecule has 1 fully saturated rings. The predicted octanol–water partition coefficient (Wildman–Crippen LogP) is 2.40. The largest absolute Gasteiger partial charge is 0.392 e. The zero-order valence-electron chi connectivity index (χ0n) is 10.0. The van der Waals surface area contributed by atoms with E-state index in [-0.39, 0.29) is 12.0 Å². The Balaban J connectivity index is 2.09. The molecule has 17 heavy (non-hydrogen) atoms. The lowest BCUT2D eigenvalue weighted by molar-refractivity contribution is 0.102. The van der Waals surface area contributed by atoms with Crippen LogP contribution in [0, 0.1) is 5.92 Å². The Kier molecular flexibility index (Phi) is 4.07. The molecule has 0 bridgehead atoms. The van der Waals surface area contributed by atoms with Gasteiger partial charge >= 0.3 is 0 Å². The molecule has 4 heteroatoms. The average Bonchev–Trinajstić information content (AvgIpc) is 2.39. The fourth-order valence-corrected chi connectivity index (χ4v) is 2.72. The first-order valence-corrected chi connectivity index (χ1v) is 6.46. The van der Waals surface area contributed by atoms with Crippen molar-refractivity contribution < 1.29 is 5.11 Å². The summed E-state index contributed by atoms with van der Waals surface area (Å²) in [5.74, 6) is 0.122. The molecule has 2 atom stereocenters. The third-order valence-corrected chi connectivity index (χ3v) is 4.00. The Morgan fingerprint density at radius 1 is 1.35 bits per heavy atom. The summed E-state index contributed by atoms with van der Waals surface area (Å²) in [6.07, 6.45) is 7.37. The van der Waals surface area contributed by atoms with E-state index in [1.165, 1.54) is 0 Å². The first kappa shape index (κ1) is 12.5. The number of aromatic nitrogens is 1. The molecule has 1 heterocycles. The van der Waals surface area contributed by atoms with Crippen molar-refractivity contribution in [3.8, 4) is 0 Å². The summed E-state index contributed by atoms with van der Waals surface area (Å²) < 4.78 is 0. The van der Waals surface area contributed by atoms with E-state index in [9.17, 15) is 5.11 Å². The lowest BCUT2D eigenvalue weighted by Crippen LogP contribution is -2.39. The van der Waals surface area contributed by atoms with Gasteiger partial charge in [-0.3, -0.25) is 4.98 Å². The van der Waals surface area contributed by atoms with E-state index in [1.54, 1.807) is 12.4 Å². The number of hydrogen-bond acceptors (Lipinski definition) is 3. The molecule has 0 spiro atoms. The van der Waals surface area contributed by atoms with Gasteiger partial charge in [0.15, 0.2) is 0 Å². The third kappa shape index (κ3) is 2.82. The van der Waals surface area contributed by atoms with Crippen molar-refractivity contribution in [3.05, 3.63) is 24.5 Å². The van der Waals surface area contributed by atoms with Gasteiger partial charge in [-0.25, -0.2) is 0 Å². The van der Waals surface area contributed by atoms with Gasteiger partial charge in [0.05, 0.1) is 11.1 Å². The summed E-state index contributed by atoms with van der Waals surface area (Å²) in [5, 5.41) is 10.0. The fourth-order valence-electron chi connectivity index (χ4n) is 2.34. The first-order chi connectivity index (χ1) is 8.20. The van der Waals surface area contributed by atoms with Crippen LogP contribution < -0.4 is 4.90 Å². The molecule has 0 saturated heterocycles. The van der Waals surface area contributed by atoms with Gasteiger partial charge in [-0.15, -0.1) is 0 Å². The quantitative estimate of drug-likeness (QED) is 0.818. The molecule has 92 valence electrons. The zero-order valence-corrected chi connectivity index (χ0v) is 10.9. The SMILES string of the molecule is CN(C(=S)[C@@H]1CCCC[C@H]1O)c1ccncc1. The second-order valence-corrected chi connectivity index (χ2v) is 4.98. The first-order valence-electron chi connectivity index (χ1n) is 6.06. The Labute approximate surface area is 107 Å². The molecule has 1 N–H and O–H groups in total. The lowest BCUT2D eigenvalue weighted by atomic mass is 9.86. The molecular weight excluding hydrogens is 232 g/mol. The number of thiocarbonyl (C=S) groups is 1. The van der Waals surface area contributed by atoms with Crippen molar-refractivity contribution in [1.29, 1.82) is 0 Å². The monoisotopic (exact) mass is 250 g/mol. The summed E-state index contributed by atoms with van der Waals surface area (Å²) in [4.78, 5) is 6.81. The van der Waals surface area contributed by atoms with E-state index >= 15 is 0 Å². The van der Waals surface area contributed by atoms with Crippen molar-refractivity contribution in [2.75, 3.05) is 11.9 Å². The normalized spacial score (nSPS) is 24.4. The van der Waals surface area contributed by atoms with Crippen LogP contribution >= 0.6 is 12.2 Å². The van der Waals surface area contributed by atoms with Crippen LogP contribution in [0.25, 0.3) is 0 Å². The Bertz CT molecular complexity index is 382. The second kappa shape index (κ2) is 5.56. The molecule has 1 saturated carbocycles. The molecule has 1 aromatic heterocycles. The van der Waals surface area contributed by atoms with Crippen LogP contribution in [0.3, 0.4) is 0 Å². The van der Waals surface area contributed by atoms with Gasteiger partial charge in [-0.1, -0.05) is 25.1 Å². The highest BCUT2D eigenvalue weighted by Gasteiger charge is 2.28. The van der Waals surface area contributed by atoms with E-state index in [1.807, 2.05) is 24.1 Å². The highest BCUT2D eigenvalue weighted by molar-refractivity contribution is 7.80. The van der Waals surface area contributed by atoms with Crippen LogP contribution in [-0.2, 0) is 0 Å². The van der Waals surface area contributed by atoms with Crippen molar-refractivity contribution >= 4 is 22.9 Å². The molecule has 2 rings (SSSR count). The fraction of sp³-hybridized carbons (Fsp3) is 0.538. The van der Waals surface area contributed by atoms with Crippen LogP contribution in [0.5, 0.6) is 0 Å². The van der Waals surface area contributed by atoms with Gasteiger partial charge in [0.25, 0.3) is 0 Å². The summed E-state index contributed by atoms with van der Waals surface area (Å²) >= 11 is 5.50. The van der Waals surface area contributed by atoms with Crippen molar-refractivity contribution in [2.45, 2.75) is 31.8 Å². The van der Waals surface area contributed by atoms with Crippen LogP contribution in [0.1, 0.15) is 25.7 Å². The Hall–Kier alpha value is -1.00. The molecule has 0 unspecified atom stereocenters. The van der Waals surface area contributed by atoms with E-state index < -0.39 is 0 Å². The van der Waals surface area contributed by atoms with Crippen LogP contribution in [0.2, 0.25) is 0 Å². The molecule has 3 nitrogen and oxygen atoms in total. The number of anilines is 1. The van der Waals surface area contributed by atoms with E-state index in [0.29, 0.717) is 0 Å². The minimum atomic E-state index is -0.277. The maximum Gasteiger partial charge on any atom is 0.0878 e.